The minimum Gasteiger partial charge on any atom is -0.507 e. The summed E-state index contributed by atoms with van der Waals surface area (Å²) < 4.78 is 5.14. The molecule has 1 heterocycles. The maximum atomic E-state index is 13.0. The van der Waals surface area contributed by atoms with Crippen LogP contribution in [0.3, 0.4) is 0 Å². The number of non-ortho nitro benzene ring substituents is 1. The van der Waals surface area contributed by atoms with Crippen molar-refractivity contribution in [3.8, 4) is 5.75 Å². The molecule has 0 aromatic heterocycles. The molecule has 2 aromatic carbocycles. The second-order valence-electron chi connectivity index (χ2n) is 7.60. The molecule has 0 bridgehead atoms. The van der Waals surface area contributed by atoms with Crippen LogP contribution >= 0.6 is 0 Å². The number of nitrogens with zero attached hydrogens (tertiary/aromatic N) is 3. The number of nitro groups is 1. The van der Waals surface area contributed by atoms with Gasteiger partial charge in [0.05, 0.1) is 23.6 Å². The van der Waals surface area contributed by atoms with Gasteiger partial charge in [-0.25, -0.2) is 0 Å². The molecule has 3 rings (SSSR count). The third-order valence-electron chi connectivity index (χ3n) is 5.87. The Labute approximate surface area is 192 Å². The Kier molecular flexibility index (Phi) is 7.44. The normalized spacial score (nSPS) is 17.6. The molecule has 0 saturated carbocycles. The molecular weight excluding hydrogens is 426 g/mol. The standard InChI is InChI=1S/C24H27N3O6/c1-4-25(5-2)14-15-26-21(16-6-10-18(11-7-16)27(31)32)20(23(29)24(26)30)22(28)17-8-12-19(33-3)13-9-17/h6-13,21,28H,4-5,14-15H2,1-3H3/b22-20+/t21-/m0/s1. The molecule has 33 heavy (non-hydrogen) atoms. The Morgan fingerprint density at radius 1 is 1.09 bits per heavy atom. The predicted molar refractivity (Wildman–Crippen MR) is 123 cm³/mol. The average molecular weight is 453 g/mol. The number of hydrogen-bond donors (Lipinski definition) is 1. The number of nitro benzene ring substituents is 1. The Hall–Kier alpha value is -3.72. The number of benzene rings is 2. The van der Waals surface area contributed by atoms with Crippen molar-refractivity contribution >= 4 is 23.1 Å². The highest BCUT2D eigenvalue weighted by atomic mass is 16.6. The molecule has 0 unspecified atom stereocenters. The monoisotopic (exact) mass is 453 g/mol. The number of likely N-dealkylation sites (N-methyl/N-ethyl adjacent to an activating group) is 1. The van der Waals surface area contributed by atoms with Gasteiger partial charge in [0.15, 0.2) is 0 Å². The molecule has 174 valence electrons. The van der Waals surface area contributed by atoms with Crippen molar-refractivity contribution in [3.05, 3.63) is 75.3 Å². The van der Waals surface area contributed by atoms with E-state index < -0.39 is 22.7 Å². The van der Waals surface area contributed by atoms with Gasteiger partial charge < -0.3 is 19.6 Å². The van der Waals surface area contributed by atoms with Crippen LogP contribution < -0.4 is 4.74 Å². The second kappa shape index (κ2) is 10.3. The minimum absolute atomic E-state index is 0.0430. The van der Waals surface area contributed by atoms with Crippen LogP contribution in [0.15, 0.2) is 54.1 Å². The molecule has 9 heteroatoms. The van der Waals surface area contributed by atoms with Crippen molar-refractivity contribution in [2.45, 2.75) is 19.9 Å². The van der Waals surface area contributed by atoms with E-state index in [4.69, 9.17) is 4.74 Å². The van der Waals surface area contributed by atoms with Crippen molar-refractivity contribution in [2.75, 3.05) is 33.3 Å². The number of ketones is 1. The van der Waals surface area contributed by atoms with Gasteiger partial charge in [-0.05, 0) is 55.1 Å². The highest BCUT2D eigenvalue weighted by Gasteiger charge is 2.46. The van der Waals surface area contributed by atoms with Gasteiger partial charge in [-0.3, -0.25) is 19.7 Å². The van der Waals surface area contributed by atoms with E-state index in [9.17, 15) is 24.8 Å². The highest BCUT2D eigenvalue weighted by Crippen LogP contribution is 2.39. The van der Waals surface area contributed by atoms with E-state index >= 15 is 0 Å². The zero-order valence-electron chi connectivity index (χ0n) is 18.9. The second-order valence-corrected chi connectivity index (χ2v) is 7.60. The first-order chi connectivity index (χ1) is 15.8. The van der Waals surface area contributed by atoms with E-state index in [2.05, 4.69) is 4.90 Å². The number of aliphatic hydroxyl groups is 1. The largest absolute Gasteiger partial charge is 0.507 e. The summed E-state index contributed by atoms with van der Waals surface area (Å²) in [6.07, 6.45) is 0. The number of likely N-dealkylation sites (tertiary alicyclic amines) is 1. The minimum atomic E-state index is -0.858. The average Bonchev–Trinajstić information content (AvgIpc) is 3.09. The fraction of sp³-hybridized carbons (Fsp3) is 0.333. The molecule has 1 saturated heterocycles. The fourth-order valence-corrected chi connectivity index (χ4v) is 3.93. The topological polar surface area (TPSA) is 113 Å². The Morgan fingerprint density at radius 3 is 2.21 bits per heavy atom. The van der Waals surface area contributed by atoms with Crippen molar-refractivity contribution in [3.63, 3.8) is 0 Å². The van der Waals surface area contributed by atoms with E-state index in [1.807, 2.05) is 13.8 Å². The molecule has 1 aliphatic heterocycles. The number of amides is 1. The number of carbonyl (C=O) groups is 2. The van der Waals surface area contributed by atoms with E-state index in [1.165, 1.54) is 36.3 Å². The van der Waals surface area contributed by atoms with Crippen LogP contribution in [0.2, 0.25) is 0 Å². The summed E-state index contributed by atoms with van der Waals surface area (Å²) in [5, 5.41) is 22.1. The highest BCUT2D eigenvalue weighted by molar-refractivity contribution is 6.46. The summed E-state index contributed by atoms with van der Waals surface area (Å²) in [5.74, 6) is -1.21. The lowest BCUT2D eigenvalue weighted by Crippen LogP contribution is -2.38. The molecule has 2 aromatic rings. The number of carbonyl (C=O) groups excluding carboxylic acids is 2. The summed E-state index contributed by atoms with van der Waals surface area (Å²) >= 11 is 0. The van der Waals surface area contributed by atoms with Crippen LogP contribution in [0, 0.1) is 10.1 Å². The molecule has 1 fully saturated rings. The first kappa shape index (κ1) is 23.9. The van der Waals surface area contributed by atoms with Crippen LogP contribution in [-0.4, -0.2) is 64.8 Å². The molecule has 1 amide bonds. The van der Waals surface area contributed by atoms with Crippen molar-refractivity contribution in [1.29, 1.82) is 0 Å². The maximum absolute atomic E-state index is 13.0. The van der Waals surface area contributed by atoms with E-state index in [1.54, 1.807) is 24.3 Å². The third-order valence-corrected chi connectivity index (χ3v) is 5.87. The Morgan fingerprint density at radius 2 is 1.70 bits per heavy atom. The van der Waals surface area contributed by atoms with Gasteiger partial charge in [0.2, 0.25) is 0 Å². The van der Waals surface area contributed by atoms with Crippen molar-refractivity contribution < 1.29 is 24.4 Å². The van der Waals surface area contributed by atoms with Gasteiger partial charge in [0, 0.05) is 30.8 Å². The first-order valence-electron chi connectivity index (χ1n) is 10.7. The quantitative estimate of drug-likeness (QED) is 0.204. The first-order valence-corrected chi connectivity index (χ1v) is 10.7. The summed E-state index contributed by atoms with van der Waals surface area (Å²) in [6.45, 7) is 6.41. The molecule has 0 aliphatic carbocycles. The molecule has 1 atom stereocenters. The predicted octanol–water partition coefficient (Wildman–Crippen LogP) is 3.37. The number of methoxy groups -OCH3 is 1. The molecule has 1 N–H and O–H groups in total. The summed E-state index contributed by atoms with van der Waals surface area (Å²) in [4.78, 5) is 40.1. The number of rotatable bonds is 9. The summed E-state index contributed by atoms with van der Waals surface area (Å²) in [6, 6.07) is 11.3. The zero-order chi connectivity index (χ0) is 24.1. The molecule has 1 aliphatic rings. The third kappa shape index (κ3) is 4.88. The van der Waals surface area contributed by atoms with Crippen LogP contribution in [0.4, 0.5) is 5.69 Å². The maximum Gasteiger partial charge on any atom is 0.295 e. The molecule has 0 radical (unpaired) electrons. The van der Waals surface area contributed by atoms with Crippen LogP contribution in [-0.2, 0) is 9.59 Å². The van der Waals surface area contributed by atoms with Gasteiger partial charge in [0.25, 0.3) is 17.4 Å². The number of aliphatic hydroxyl groups excluding tert-OH is 1. The zero-order valence-corrected chi connectivity index (χ0v) is 18.9. The van der Waals surface area contributed by atoms with Gasteiger partial charge in [0.1, 0.15) is 11.5 Å². The van der Waals surface area contributed by atoms with Gasteiger partial charge >= 0.3 is 0 Å². The van der Waals surface area contributed by atoms with E-state index in [-0.39, 0.29) is 23.6 Å². The number of ether oxygens (including phenoxy) is 1. The fourth-order valence-electron chi connectivity index (χ4n) is 3.93. The number of hydrogen-bond acceptors (Lipinski definition) is 7. The lowest BCUT2D eigenvalue weighted by Gasteiger charge is -2.28. The van der Waals surface area contributed by atoms with Gasteiger partial charge in [-0.1, -0.05) is 13.8 Å². The van der Waals surface area contributed by atoms with E-state index in [0.717, 1.165) is 13.1 Å². The Bertz CT molecular complexity index is 1060. The molecule has 9 nitrogen and oxygen atoms in total. The van der Waals surface area contributed by atoms with Crippen LogP contribution in [0.1, 0.15) is 31.0 Å². The van der Waals surface area contributed by atoms with Crippen LogP contribution in [0.5, 0.6) is 5.75 Å². The van der Waals surface area contributed by atoms with Gasteiger partial charge in [-0.15, -0.1) is 0 Å². The Balaban J connectivity index is 2.09. The summed E-state index contributed by atoms with van der Waals surface area (Å²) in [5.41, 5.74) is 0.728. The smallest absolute Gasteiger partial charge is 0.295 e. The van der Waals surface area contributed by atoms with E-state index in [0.29, 0.717) is 23.4 Å². The lowest BCUT2D eigenvalue weighted by molar-refractivity contribution is -0.384. The summed E-state index contributed by atoms with van der Waals surface area (Å²) in [7, 11) is 1.52. The van der Waals surface area contributed by atoms with Crippen molar-refractivity contribution in [2.24, 2.45) is 0 Å². The van der Waals surface area contributed by atoms with Gasteiger partial charge in [-0.2, -0.15) is 0 Å². The lowest BCUT2D eigenvalue weighted by atomic mass is 9.95. The van der Waals surface area contributed by atoms with Crippen LogP contribution in [0.25, 0.3) is 5.76 Å². The molecular formula is C24H27N3O6. The SMILES string of the molecule is CCN(CC)CCN1C(=O)C(=O)/C(=C(/O)c2ccc(OC)cc2)[C@@H]1c1ccc([N+](=O)[O-])cc1. The van der Waals surface area contributed by atoms with Crippen molar-refractivity contribution in [1.82, 2.24) is 9.80 Å². The molecule has 0 spiro atoms. The number of Topliss-reactive ketones (excluding diaryl/α,β-unsaturated/α-hetero) is 1.